The van der Waals surface area contributed by atoms with Crippen LogP contribution in [0.25, 0.3) is 0 Å². The average Bonchev–Trinajstić information content (AvgIpc) is 2.39. The van der Waals surface area contributed by atoms with E-state index in [2.05, 4.69) is 9.88 Å². The standard InChI is InChI=1S/C14H22N2O2/c1-11(18)13-4-6-15-14(9-13)16-7-2-3-12(10-16)5-8-17/h4,6,9,11-12,17-18H,2-3,5,7-8,10H2,1H3. The van der Waals surface area contributed by atoms with Gasteiger partial charge in [0.25, 0.3) is 0 Å². The first-order chi connectivity index (χ1) is 8.70. The molecule has 0 radical (unpaired) electrons. The van der Waals surface area contributed by atoms with Crippen LogP contribution in [0.1, 0.15) is 37.9 Å². The van der Waals surface area contributed by atoms with Gasteiger partial charge in [-0.1, -0.05) is 0 Å². The van der Waals surface area contributed by atoms with Gasteiger partial charge in [-0.2, -0.15) is 0 Å². The number of pyridine rings is 1. The molecule has 4 nitrogen and oxygen atoms in total. The Bertz CT molecular complexity index is 380. The van der Waals surface area contributed by atoms with Crippen molar-refractivity contribution < 1.29 is 10.2 Å². The van der Waals surface area contributed by atoms with Crippen LogP contribution in [0, 0.1) is 5.92 Å². The molecule has 18 heavy (non-hydrogen) atoms. The smallest absolute Gasteiger partial charge is 0.128 e. The Morgan fingerprint density at radius 1 is 1.56 bits per heavy atom. The summed E-state index contributed by atoms with van der Waals surface area (Å²) in [6.07, 6.45) is 4.50. The fraction of sp³-hybridized carbons (Fsp3) is 0.643. The summed E-state index contributed by atoms with van der Waals surface area (Å²) in [4.78, 5) is 6.65. The van der Waals surface area contributed by atoms with Crippen LogP contribution in [0.3, 0.4) is 0 Å². The van der Waals surface area contributed by atoms with Gasteiger partial charge in [0.15, 0.2) is 0 Å². The van der Waals surface area contributed by atoms with E-state index in [-0.39, 0.29) is 6.61 Å². The number of aliphatic hydroxyl groups is 2. The normalized spacial score (nSPS) is 21.9. The average molecular weight is 250 g/mol. The molecular formula is C14H22N2O2. The molecule has 0 amide bonds. The van der Waals surface area contributed by atoms with Gasteiger partial charge in [-0.15, -0.1) is 0 Å². The first-order valence-corrected chi connectivity index (χ1v) is 6.70. The number of aliphatic hydroxyl groups excluding tert-OH is 2. The second kappa shape index (κ2) is 6.16. The quantitative estimate of drug-likeness (QED) is 0.854. The lowest BCUT2D eigenvalue weighted by molar-refractivity contribution is 0.199. The third-order valence-electron chi connectivity index (χ3n) is 3.63. The van der Waals surface area contributed by atoms with Crippen LogP contribution >= 0.6 is 0 Å². The first kappa shape index (κ1) is 13.3. The highest BCUT2D eigenvalue weighted by molar-refractivity contribution is 5.42. The van der Waals surface area contributed by atoms with Crippen molar-refractivity contribution in [2.24, 2.45) is 5.92 Å². The Morgan fingerprint density at radius 3 is 3.11 bits per heavy atom. The number of piperidine rings is 1. The van der Waals surface area contributed by atoms with E-state index in [1.54, 1.807) is 13.1 Å². The van der Waals surface area contributed by atoms with E-state index in [1.807, 2.05) is 12.1 Å². The predicted octanol–water partition coefficient (Wildman–Crippen LogP) is 1.73. The third kappa shape index (κ3) is 3.21. The Hall–Kier alpha value is -1.13. The molecule has 4 heteroatoms. The highest BCUT2D eigenvalue weighted by Crippen LogP contribution is 2.25. The van der Waals surface area contributed by atoms with Crippen molar-refractivity contribution in [1.29, 1.82) is 0 Å². The minimum atomic E-state index is -0.454. The molecule has 1 fully saturated rings. The fourth-order valence-corrected chi connectivity index (χ4v) is 2.56. The summed E-state index contributed by atoms with van der Waals surface area (Å²) in [5.41, 5.74) is 0.907. The van der Waals surface area contributed by atoms with Gasteiger partial charge in [-0.05, 0) is 49.8 Å². The molecule has 1 aromatic rings. The van der Waals surface area contributed by atoms with Crippen molar-refractivity contribution in [2.45, 2.75) is 32.3 Å². The molecular weight excluding hydrogens is 228 g/mol. The summed E-state index contributed by atoms with van der Waals surface area (Å²) in [7, 11) is 0. The predicted molar refractivity (Wildman–Crippen MR) is 71.5 cm³/mol. The second-order valence-corrected chi connectivity index (χ2v) is 5.09. The largest absolute Gasteiger partial charge is 0.396 e. The van der Waals surface area contributed by atoms with Crippen LogP contribution in [0.2, 0.25) is 0 Å². The van der Waals surface area contributed by atoms with Crippen LogP contribution in [0.5, 0.6) is 0 Å². The maximum atomic E-state index is 9.60. The molecule has 0 saturated carbocycles. The molecule has 0 aliphatic carbocycles. The molecule has 0 spiro atoms. The van der Waals surface area contributed by atoms with Gasteiger partial charge >= 0.3 is 0 Å². The summed E-state index contributed by atoms with van der Waals surface area (Å²) in [6.45, 7) is 4.00. The molecule has 2 unspecified atom stereocenters. The lowest BCUT2D eigenvalue weighted by Gasteiger charge is -2.33. The van der Waals surface area contributed by atoms with E-state index in [0.29, 0.717) is 5.92 Å². The Labute approximate surface area is 108 Å². The highest BCUT2D eigenvalue weighted by atomic mass is 16.3. The van der Waals surface area contributed by atoms with E-state index in [4.69, 9.17) is 5.11 Å². The van der Waals surface area contributed by atoms with E-state index >= 15 is 0 Å². The second-order valence-electron chi connectivity index (χ2n) is 5.09. The van der Waals surface area contributed by atoms with Crippen molar-refractivity contribution in [3.8, 4) is 0 Å². The van der Waals surface area contributed by atoms with Crippen LogP contribution in [-0.2, 0) is 0 Å². The molecule has 0 aromatic carbocycles. The zero-order chi connectivity index (χ0) is 13.0. The van der Waals surface area contributed by atoms with Gasteiger partial charge in [0.1, 0.15) is 5.82 Å². The number of nitrogens with zero attached hydrogens (tertiary/aromatic N) is 2. The molecule has 2 atom stereocenters. The lowest BCUT2D eigenvalue weighted by Crippen LogP contribution is -2.36. The monoisotopic (exact) mass is 250 g/mol. The van der Waals surface area contributed by atoms with E-state index in [0.717, 1.165) is 37.3 Å². The Balaban J connectivity index is 2.08. The topological polar surface area (TPSA) is 56.6 Å². The van der Waals surface area contributed by atoms with E-state index < -0.39 is 6.10 Å². The van der Waals surface area contributed by atoms with Crippen LogP contribution in [-0.4, -0.2) is 34.9 Å². The molecule has 0 bridgehead atoms. The van der Waals surface area contributed by atoms with Crippen molar-refractivity contribution in [1.82, 2.24) is 4.98 Å². The molecule has 2 rings (SSSR count). The van der Waals surface area contributed by atoms with Gasteiger partial charge < -0.3 is 15.1 Å². The van der Waals surface area contributed by atoms with Crippen molar-refractivity contribution in [2.75, 3.05) is 24.6 Å². The van der Waals surface area contributed by atoms with Crippen LogP contribution < -0.4 is 4.90 Å². The molecule has 1 aliphatic heterocycles. The SMILES string of the molecule is CC(O)c1ccnc(N2CCCC(CCO)C2)c1. The zero-order valence-electron chi connectivity index (χ0n) is 10.9. The summed E-state index contributed by atoms with van der Waals surface area (Å²) in [5, 5.41) is 18.6. The minimum Gasteiger partial charge on any atom is -0.396 e. The number of aromatic nitrogens is 1. The summed E-state index contributed by atoms with van der Waals surface area (Å²) >= 11 is 0. The van der Waals surface area contributed by atoms with Crippen LogP contribution in [0.4, 0.5) is 5.82 Å². The van der Waals surface area contributed by atoms with Crippen LogP contribution in [0.15, 0.2) is 18.3 Å². The molecule has 1 aromatic heterocycles. The number of rotatable bonds is 4. The van der Waals surface area contributed by atoms with Gasteiger partial charge in [0.2, 0.25) is 0 Å². The zero-order valence-corrected chi connectivity index (χ0v) is 10.9. The van der Waals surface area contributed by atoms with Crippen molar-refractivity contribution in [3.05, 3.63) is 23.9 Å². The third-order valence-corrected chi connectivity index (χ3v) is 3.63. The van der Waals surface area contributed by atoms with Gasteiger partial charge in [-0.3, -0.25) is 0 Å². The van der Waals surface area contributed by atoms with Gasteiger partial charge in [-0.25, -0.2) is 4.98 Å². The molecule has 1 aliphatic rings. The minimum absolute atomic E-state index is 0.264. The summed E-state index contributed by atoms with van der Waals surface area (Å²) < 4.78 is 0. The van der Waals surface area contributed by atoms with Gasteiger partial charge in [0.05, 0.1) is 6.10 Å². The fourth-order valence-electron chi connectivity index (χ4n) is 2.56. The number of anilines is 1. The number of hydrogen-bond acceptors (Lipinski definition) is 4. The highest BCUT2D eigenvalue weighted by Gasteiger charge is 2.20. The number of hydrogen-bond donors (Lipinski definition) is 2. The molecule has 100 valence electrons. The Morgan fingerprint density at radius 2 is 2.39 bits per heavy atom. The molecule has 2 N–H and O–H groups in total. The summed E-state index contributed by atoms with van der Waals surface area (Å²) in [6, 6.07) is 3.81. The lowest BCUT2D eigenvalue weighted by atomic mass is 9.95. The maximum absolute atomic E-state index is 9.60. The van der Waals surface area contributed by atoms with E-state index in [9.17, 15) is 5.11 Å². The Kier molecular flexibility index (Phi) is 4.55. The molecule has 2 heterocycles. The molecule has 1 saturated heterocycles. The van der Waals surface area contributed by atoms with Gasteiger partial charge in [0, 0.05) is 25.9 Å². The van der Waals surface area contributed by atoms with E-state index in [1.165, 1.54) is 6.42 Å². The van der Waals surface area contributed by atoms with Crippen molar-refractivity contribution in [3.63, 3.8) is 0 Å². The first-order valence-electron chi connectivity index (χ1n) is 6.70. The maximum Gasteiger partial charge on any atom is 0.128 e. The summed E-state index contributed by atoms with van der Waals surface area (Å²) in [5.74, 6) is 1.50. The van der Waals surface area contributed by atoms with Crippen molar-refractivity contribution >= 4 is 5.82 Å².